The Kier molecular flexibility index (Phi) is 2.52. The maximum atomic E-state index is 13.1. The summed E-state index contributed by atoms with van der Waals surface area (Å²) in [6.07, 6.45) is 0.775. The van der Waals surface area contributed by atoms with E-state index in [1.807, 2.05) is 24.3 Å². The summed E-state index contributed by atoms with van der Waals surface area (Å²) in [6.45, 7) is 0. The molecule has 1 unspecified atom stereocenters. The van der Waals surface area contributed by atoms with Gasteiger partial charge in [0.05, 0.1) is 6.04 Å². The van der Waals surface area contributed by atoms with Gasteiger partial charge in [0.1, 0.15) is 5.82 Å². The van der Waals surface area contributed by atoms with Gasteiger partial charge in [-0.15, -0.1) is 0 Å². The largest absolute Gasteiger partial charge is 0.378 e. The van der Waals surface area contributed by atoms with E-state index in [4.69, 9.17) is 11.6 Å². The number of rotatable bonds is 1. The van der Waals surface area contributed by atoms with Gasteiger partial charge in [0, 0.05) is 10.7 Å². The van der Waals surface area contributed by atoms with Crippen molar-refractivity contribution in [1.29, 1.82) is 0 Å². The molecule has 1 aliphatic heterocycles. The van der Waals surface area contributed by atoms with Gasteiger partial charge >= 0.3 is 0 Å². The van der Waals surface area contributed by atoms with E-state index in [1.165, 1.54) is 6.07 Å². The molecule has 0 fully saturated rings. The van der Waals surface area contributed by atoms with Crippen LogP contribution >= 0.6 is 11.6 Å². The van der Waals surface area contributed by atoms with E-state index >= 15 is 0 Å². The fraction of sp³-hybridized carbons (Fsp3) is 0.143. The maximum absolute atomic E-state index is 13.1. The molecule has 0 saturated carbocycles. The van der Waals surface area contributed by atoms with Crippen LogP contribution in [0.4, 0.5) is 10.1 Å². The SMILES string of the molecule is Fc1ccc2c(c1)CC(c1ccccc1Cl)N2. The summed E-state index contributed by atoms with van der Waals surface area (Å²) in [6, 6.07) is 12.7. The number of hydrogen-bond donors (Lipinski definition) is 1. The highest BCUT2D eigenvalue weighted by Crippen LogP contribution is 2.36. The van der Waals surface area contributed by atoms with Crippen molar-refractivity contribution in [3.8, 4) is 0 Å². The molecule has 0 saturated heterocycles. The van der Waals surface area contributed by atoms with E-state index in [2.05, 4.69) is 5.32 Å². The molecule has 2 aromatic carbocycles. The molecule has 3 heteroatoms. The van der Waals surface area contributed by atoms with Crippen molar-refractivity contribution in [2.24, 2.45) is 0 Å². The van der Waals surface area contributed by atoms with Gasteiger partial charge in [-0.05, 0) is 41.8 Å². The number of fused-ring (bicyclic) bond motifs is 1. The minimum Gasteiger partial charge on any atom is -0.378 e. The van der Waals surface area contributed by atoms with Crippen LogP contribution in [-0.4, -0.2) is 0 Å². The molecule has 86 valence electrons. The molecule has 0 amide bonds. The molecule has 17 heavy (non-hydrogen) atoms. The highest BCUT2D eigenvalue weighted by atomic mass is 35.5. The lowest BCUT2D eigenvalue weighted by Crippen LogP contribution is -2.05. The van der Waals surface area contributed by atoms with Crippen molar-refractivity contribution >= 4 is 17.3 Å². The molecular weight excluding hydrogens is 237 g/mol. The third kappa shape index (κ3) is 1.89. The highest BCUT2D eigenvalue weighted by molar-refractivity contribution is 6.31. The standard InChI is InChI=1S/C14H11ClFN/c15-12-4-2-1-3-11(12)14-8-9-7-10(16)5-6-13(9)17-14/h1-7,14,17H,8H2. The Morgan fingerprint density at radius 3 is 2.82 bits per heavy atom. The van der Waals surface area contributed by atoms with Gasteiger partial charge in [0.2, 0.25) is 0 Å². The quantitative estimate of drug-likeness (QED) is 0.797. The van der Waals surface area contributed by atoms with Gasteiger partial charge < -0.3 is 5.32 Å². The summed E-state index contributed by atoms with van der Waals surface area (Å²) in [5.74, 6) is -0.189. The Labute approximate surface area is 104 Å². The third-order valence-corrected chi connectivity index (χ3v) is 3.45. The topological polar surface area (TPSA) is 12.0 Å². The van der Waals surface area contributed by atoms with Crippen molar-refractivity contribution in [2.75, 3.05) is 5.32 Å². The summed E-state index contributed by atoms with van der Waals surface area (Å²) < 4.78 is 13.1. The zero-order valence-electron chi connectivity index (χ0n) is 9.08. The van der Waals surface area contributed by atoms with E-state index in [0.29, 0.717) is 0 Å². The maximum Gasteiger partial charge on any atom is 0.123 e. The normalized spacial score (nSPS) is 17.6. The van der Waals surface area contributed by atoms with Gasteiger partial charge in [-0.25, -0.2) is 4.39 Å². The van der Waals surface area contributed by atoms with Crippen LogP contribution < -0.4 is 5.32 Å². The monoisotopic (exact) mass is 247 g/mol. The van der Waals surface area contributed by atoms with Crippen molar-refractivity contribution in [3.63, 3.8) is 0 Å². The second kappa shape index (κ2) is 4.04. The minimum atomic E-state index is -0.189. The molecule has 1 N–H and O–H groups in total. The number of nitrogens with one attached hydrogen (secondary N) is 1. The lowest BCUT2D eigenvalue weighted by molar-refractivity contribution is 0.626. The summed E-state index contributed by atoms with van der Waals surface area (Å²) in [7, 11) is 0. The van der Waals surface area contributed by atoms with Crippen molar-refractivity contribution in [1.82, 2.24) is 0 Å². The summed E-state index contributed by atoms with van der Waals surface area (Å²) in [4.78, 5) is 0. The molecule has 1 heterocycles. The first-order chi connectivity index (χ1) is 8.24. The van der Waals surface area contributed by atoms with E-state index in [0.717, 1.165) is 28.3 Å². The van der Waals surface area contributed by atoms with Crippen LogP contribution in [0.2, 0.25) is 5.02 Å². The molecule has 2 aromatic rings. The third-order valence-electron chi connectivity index (χ3n) is 3.10. The Balaban J connectivity index is 1.94. The molecule has 1 atom stereocenters. The first kappa shape index (κ1) is 10.6. The van der Waals surface area contributed by atoms with Gasteiger partial charge in [-0.3, -0.25) is 0 Å². The van der Waals surface area contributed by atoms with Crippen LogP contribution in [0.5, 0.6) is 0 Å². The van der Waals surface area contributed by atoms with Crippen molar-refractivity contribution < 1.29 is 4.39 Å². The molecular formula is C14H11ClFN. The second-order valence-corrected chi connectivity index (χ2v) is 4.63. The summed E-state index contributed by atoms with van der Waals surface area (Å²) in [5, 5.41) is 4.12. The van der Waals surface area contributed by atoms with Crippen molar-refractivity contribution in [3.05, 3.63) is 64.4 Å². The minimum absolute atomic E-state index is 0.139. The molecule has 0 aromatic heterocycles. The van der Waals surface area contributed by atoms with Gasteiger partial charge in [-0.1, -0.05) is 29.8 Å². The summed E-state index contributed by atoms with van der Waals surface area (Å²) in [5.41, 5.74) is 3.07. The average Bonchev–Trinajstić information content (AvgIpc) is 2.72. The van der Waals surface area contributed by atoms with E-state index in [9.17, 15) is 4.39 Å². The highest BCUT2D eigenvalue weighted by Gasteiger charge is 2.23. The van der Waals surface area contributed by atoms with Gasteiger partial charge in [-0.2, -0.15) is 0 Å². The molecule has 0 aliphatic carbocycles. The number of halogens is 2. The molecule has 1 aliphatic rings. The fourth-order valence-electron chi connectivity index (χ4n) is 2.28. The Morgan fingerprint density at radius 2 is 2.00 bits per heavy atom. The van der Waals surface area contributed by atoms with Gasteiger partial charge in [0.25, 0.3) is 0 Å². The predicted molar refractivity (Wildman–Crippen MR) is 67.9 cm³/mol. The predicted octanol–water partition coefficient (Wildman–Crippen LogP) is 4.19. The number of benzene rings is 2. The van der Waals surface area contributed by atoms with Crippen LogP contribution in [-0.2, 0) is 6.42 Å². The zero-order chi connectivity index (χ0) is 11.8. The lowest BCUT2D eigenvalue weighted by Gasteiger charge is -2.13. The number of anilines is 1. The molecule has 0 bridgehead atoms. The summed E-state index contributed by atoms with van der Waals surface area (Å²) >= 11 is 6.16. The average molecular weight is 248 g/mol. The van der Waals surface area contributed by atoms with Crippen LogP contribution in [0.15, 0.2) is 42.5 Å². The fourth-order valence-corrected chi connectivity index (χ4v) is 2.54. The van der Waals surface area contributed by atoms with Crippen molar-refractivity contribution in [2.45, 2.75) is 12.5 Å². The van der Waals surface area contributed by atoms with E-state index in [-0.39, 0.29) is 11.9 Å². The van der Waals surface area contributed by atoms with Crippen LogP contribution in [0.3, 0.4) is 0 Å². The Morgan fingerprint density at radius 1 is 1.18 bits per heavy atom. The smallest absolute Gasteiger partial charge is 0.123 e. The van der Waals surface area contributed by atoms with E-state index < -0.39 is 0 Å². The van der Waals surface area contributed by atoms with Crippen LogP contribution in [0.1, 0.15) is 17.2 Å². The number of hydrogen-bond acceptors (Lipinski definition) is 1. The van der Waals surface area contributed by atoms with Crippen LogP contribution in [0, 0.1) is 5.82 Å². The zero-order valence-corrected chi connectivity index (χ0v) is 9.84. The molecule has 0 spiro atoms. The second-order valence-electron chi connectivity index (χ2n) is 4.22. The van der Waals surface area contributed by atoms with Gasteiger partial charge in [0.15, 0.2) is 0 Å². The Hall–Kier alpha value is -1.54. The molecule has 3 rings (SSSR count). The first-order valence-corrected chi connectivity index (χ1v) is 5.91. The van der Waals surface area contributed by atoms with Crippen LogP contribution in [0.25, 0.3) is 0 Å². The first-order valence-electron chi connectivity index (χ1n) is 5.53. The Bertz CT molecular complexity index is 568. The van der Waals surface area contributed by atoms with E-state index in [1.54, 1.807) is 12.1 Å². The molecule has 1 nitrogen and oxygen atoms in total. The lowest BCUT2D eigenvalue weighted by atomic mass is 10.0. The molecule has 0 radical (unpaired) electrons.